The molecule has 6 nitrogen and oxygen atoms in total. The smallest absolute Gasteiger partial charge is 0.223 e. The summed E-state index contributed by atoms with van der Waals surface area (Å²) in [5.41, 5.74) is 1.17. The SMILES string of the molecule is Cc1ccc(N2CCC(C(=O)NC[C@H](C)Cn3ccnc3)CC2)nc1. The second-order valence-electron chi connectivity index (χ2n) is 7.06. The summed E-state index contributed by atoms with van der Waals surface area (Å²) < 4.78 is 2.05. The molecule has 1 amide bonds. The van der Waals surface area contributed by atoms with Gasteiger partial charge in [0.05, 0.1) is 6.33 Å². The molecule has 0 saturated carbocycles. The summed E-state index contributed by atoms with van der Waals surface area (Å²) in [5, 5.41) is 3.12. The molecular weight excluding hydrogens is 314 g/mol. The second kappa shape index (κ2) is 8.14. The Labute approximate surface area is 149 Å². The molecule has 134 valence electrons. The molecule has 1 aliphatic heterocycles. The predicted octanol–water partition coefficient (Wildman–Crippen LogP) is 2.26. The van der Waals surface area contributed by atoms with Crippen molar-refractivity contribution in [1.29, 1.82) is 0 Å². The van der Waals surface area contributed by atoms with E-state index in [2.05, 4.69) is 39.2 Å². The van der Waals surface area contributed by atoms with Crippen LogP contribution in [0.5, 0.6) is 0 Å². The Bertz CT molecular complexity index is 660. The van der Waals surface area contributed by atoms with E-state index in [0.29, 0.717) is 12.5 Å². The van der Waals surface area contributed by atoms with Crippen molar-refractivity contribution in [3.8, 4) is 0 Å². The number of piperidine rings is 1. The lowest BCUT2D eigenvalue weighted by Crippen LogP contribution is -2.42. The first-order valence-corrected chi connectivity index (χ1v) is 9.03. The fraction of sp³-hybridized carbons (Fsp3) is 0.526. The van der Waals surface area contributed by atoms with Gasteiger partial charge in [-0.15, -0.1) is 0 Å². The van der Waals surface area contributed by atoms with Crippen LogP contribution in [0.2, 0.25) is 0 Å². The molecular formula is C19H27N5O. The lowest BCUT2D eigenvalue weighted by atomic mass is 9.95. The molecule has 2 aromatic heterocycles. The Morgan fingerprint density at radius 3 is 2.80 bits per heavy atom. The van der Waals surface area contributed by atoms with Crippen molar-refractivity contribution in [3.63, 3.8) is 0 Å². The van der Waals surface area contributed by atoms with Gasteiger partial charge in [-0.25, -0.2) is 9.97 Å². The van der Waals surface area contributed by atoms with Crippen molar-refractivity contribution in [2.75, 3.05) is 24.5 Å². The van der Waals surface area contributed by atoms with Gasteiger partial charge >= 0.3 is 0 Å². The van der Waals surface area contributed by atoms with Crippen molar-refractivity contribution in [2.45, 2.75) is 33.2 Å². The summed E-state index contributed by atoms with van der Waals surface area (Å²) in [6, 6.07) is 4.15. The number of hydrogen-bond donors (Lipinski definition) is 1. The van der Waals surface area contributed by atoms with Gasteiger partial charge in [-0.05, 0) is 37.3 Å². The molecule has 0 bridgehead atoms. The van der Waals surface area contributed by atoms with Crippen molar-refractivity contribution in [3.05, 3.63) is 42.6 Å². The average Bonchev–Trinajstić information content (AvgIpc) is 3.13. The highest BCUT2D eigenvalue weighted by Gasteiger charge is 2.25. The summed E-state index contributed by atoms with van der Waals surface area (Å²) in [4.78, 5) is 23.2. The molecule has 1 fully saturated rings. The first-order valence-electron chi connectivity index (χ1n) is 9.03. The normalized spacial score (nSPS) is 16.6. The van der Waals surface area contributed by atoms with E-state index in [1.165, 1.54) is 5.56 Å². The fourth-order valence-corrected chi connectivity index (χ4v) is 3.26. The molecule has 0 aromatic carbocycles. The van der Waals surface area contributed by atoms with Gasteiger partial charge in [0.1, 0.15) is 5.82 Å². The van der Waals surface area contributed by atoms with Crippen LogP contribution in [0, 0.1) is 18.8 Å². The highest BCUT2D eigenvalue weighted by molar-refractivity contribution is 5.78. The maximum atomic E-state index is 12.4. The zero-order valence-electron chi connectivity index (χ0n) is 15.1. The Kier molecular flexibility index (Phi) is 5.68. The molecule has 0 spiro atoms. The van der Waals surface area contributed by atoms with Gasteiger partial charge in [0, 0.05) is 50.7 Å². The number of hydrogen-bond acceptors (Lipinski definition) is 4. The maximum Gasteiger partial charge on any atom is 0.223 e. The lowest BCUT2D eigenvalue weighted by molar-refractivity contribution is -0.125. The van der Waals surface area contributed by atoms with Crippen LogP contribution in [0.3, 0.4) is 0 Å². The van der Waals surface area contributed by atoms with E-state index < -0.39 is 0 Å². The first-order chi connectivity index (χ1) is 12.1. The van der Waals surface area contributed by atoms with Crippen LogP contribution in [0.1, 0.15) is 25.3 Å². The number of anilines is 1. The third-order valence-electron chi connectivity index (χ3n) is 4.79. The van der Waals surface area contributed by atoms with Crippen LogP contribution in [0.15, 0.2) is 37.1 Å². The number of nitrogens with zero attached hydrogens (tertiary/aromatic N) is 4. The highest BCUT2D eigenvalue weighted by atomic mass is 16.1. The summed E-state index contributed by atoms with van der Waals surface area (Å²) in [5.74, 6) is 1.70. The number of aryl methyl sites for hydroxylation is 1. The molecule has 2 aromatic rings. The highest BCUT2D eigenvalue weighted by Crippen LogP contribution is 2.22. The van der Waals surface area contributed by atoms with E-state index in [1.807, 2.05) is 30.2 Å². The van der Waals surface area contributed by atoms with Crippen LogP contribution >= 0.6 is 0 Å². The van der Waals surface area contributed by atoms with Crippen LogP contribution in [-0.2, 0) is 11.3 Å². The van der Waals surface area contributed by atoms with Gasteiger partial charge < -0.3 is 14.8 Å². The van der Waals surface area contributed by atoms with E-state index in [1.54, 1.807) is 6.20 Å². The van der Waals surface area contributed by atoms with E-state index in [0.717, 1.165) is 38.3 Å². The maximum absolute atomic E-state index is 12.4. The molecule has 1 atom stereocenters. The summed E-state index contributed by atoms with van der Waals surface area (Å²) in [6.45, 7) is 7.54. The monoisotopic (exact) mass is 341 g/mol. The molecule has 25 heavy (non-hydrogen) atoms. The van der Waals surface area contributed by atoms with Crippen LogP contribution in [0.4, 0.5) is 5.82 Å². The van der Waals surface area contributed by atoms with E-state index in [4.69, 9.17) is 0 Å². The minimum Gasteiger partial charge on any atom is -0.357 e. The molecule has 0 aliphatic carbocycles. The van der Waals surface area contributed by atoms with Crippen molar-refractivity contribution in [1.82, 2.24) is 19.9 Å². The summed E-state index contributed by atoms with van der Waals surface area (Å²) in [7, 11) is 0. The number of pyridine rings is 1. The second-order valence-corrected chi connectivity index (χ2v) is 7.06. The number of imidazole rings is 1. The molecule has 1 saturated heterocycles. The molecule has 3 rings (SSSR count). The zero-order chi connectivity index (χ0) is 17.6. The van der Waals surface area contributed by atoms with Crippen LogP contribution in [-0.4, -0.2) is 40.1 Å². The van der Waals surface area contributed by atoms with Crippen LogP contribution < -0.4 is 10.2 Å². The van der Waals surface area contributed by atoms with Crippen molar-refractivity contribution in [2.24, 2.45) is 11.8 Å². The molecule has 1 aliphatic rings. The first kappa shape index (κ1) is 17.5. The van der Waals surface area contributed by atoms with E-state index >= 15 is 0 Å². The number of aromatic nitrogens is 3. The lowest BCUT2D eigenvalue weighted by Gasteiger charge is -2.32. The predicted molar refractivity (Wildman–Crippen MR) is 98.3 cm³/mol. The van der Waals surface area contributed by atoms with E-state index in [9.17, 15) is 4.79 Å². The molecule has 3 heterocycles. The Balaban J connectivity index is 1.41. The number of rotatable bonds is 6. The number of nitrogens with one attached hydrogen (secondary N) is 1. The number of carbonyl (C=O) groups excluding carboxylic acids is 1. The Morgan fingerprint density at radius 2 is 2.16 bits per heavy atom. The van der Waals surface area contributed by atoms with Gasteiger partial charge in [0.25, 0.3) is 0 Å². The molecule has 0 unspecified atom stereocenters. The zero-order valence-corrected chi connectivity index (χ0v) is 15.1. The van der Waals surface area contributed by atoms with Crippen molar-refractivity contribution >= 4 is 11.7 Å². The van der Waals surface area contributed by atoms with E-state index in [-0.39, 0.29) is 11.8 Å². The Morgan fingerprint density at radius 1 is 1.36 bits per heavy atom. The third-order valence-corrected chi connectivity index (χ3v) is 4.79. The average molecular weight is 341 g/mol. The molecule has 0 radical (unpaired) electrons. The molecule has 6 heteroatoms. The van der Waals surface area contributed by atoms with Gasteiger partial charge in [-0.1, -0.05) is 13.0 Å². The summed E-state index contributed by atoms with van der Waals surface area (Å²) >= 11 is 0. The minimum absolute atomic E-state index is 0.113. The minimum atomic E-state index is 0.113. The van der Waals surface area contributed by atoms with Crippen molar-refractivity contribution < 1.29 is 4.79 Å². The quantitative estimate of drug-likeness (QED) is 0.875. The Hall–Kier alpha value is -2.37. The van der Waals surface area contributed by atoms with Gasteiger partial charge in [-0.3, -0.25) is 4.79 Å². The molecule has 1 N–H and O–H groups in total. The largest absolute Gasteiger partial charge is 0.357 e. The number of amides is 1. The fourth-order valence-electron chi connectivity index (χ4n) is 3.26. The van der Waals surface area contributed by atoms with Gasteiger partial charge in [0.2, 0.25) is 5.91 Å². The standard InChI is InChI=1S/C19H27N5O/c1-15-3-4-18(21-11-15)24-8-5-17(6-9-24)19(25)22-12-16(2)13-23-10-7-20-14-23/h3-4,7,10-11,14,16-17H,5-6,8-9,12-13H2,1-2H3,(H,22,25)/t16-/m0/s1. The third kappa shape index (κ3) is 4.81. The van der Waals surface area contributed by atoms with Gasteiger partial charge in [-0.2, -0.15) is 0 Å². The van der Waals surface area contributed by atoms with Gasteiger partial charge in [0.15, 0.2) is 0 Å². The van der Waals surface area contributed by atoms with Crippen LogP contribution in [0.25, 0.3) is 0 Å². The topological polar surface area (TPSA) is 63.1 Å². The number of carbonyl (C=O) groups is 1. The summed E-state index contributed by atoms with van der Waals surface area (Å²) in [6.07, 6.45) is 9.21.